The van der Waals surface area contributed by atoms with Crippen LogP contribution in [-0.4, -0.2) is 0 Å². The van der Waals surface area contributed by atoms with Gasteiger partial charge in [-0.1, -0.05) is 60.7 Å². The van der Waals surface area contributed by atoms with Gasteiger partial charge in [-0.15, -0.1) is 0 Å². The van der Waals surface area contributed by atoms with E-state index in [-0.39, 0.29) is 10.8 Å². The maximum absolute atomic E-state index is 13.6. The van der Waals surface area contributed by atoms with Crippen LogP contribution in [0.3, 0.4) is 0 Å². The number of fused-ring (bicyclic) bond motifs is 1. The maximum atomic E-state index is 13.6. The molecule has 0 bridgehead atoms. The first kappa shape index (κ1) is 15.3. The Kier molecular flexibility index (Phi) is 3.90. The highest BCUT2D eigenvalue weighted by atomic mass is 19.1. The van der Waals surface area contributed by atoms with Crippen molar-refractivity contribution < 1.29 is 8.81 Å². The Morgan fingerprint density at radius 1 is 0.840 bits per heavy atom. The summed E-state index contributed by atoms with van der Waals surface area (Å²) in [5, 5.41) is 0.260. The normalized spacial score (nSPS) is 10.9. The topological polar surface area (TPSA) is 30.2 Å². The number of hydrogen-bond acceptors (Lipinski definition) is 2. The van der Waals surface area contributed by atoms with Crippen molar-refractivity contribution in [1.82, 2.24) is 0 Å². The first-order valence-electron chi connectivity index (χ1n) is 8.07. The highest BCUT2D eigenvalue weighted by molar-refractivity contribution is 5.83. The molecule has 2 nitrogen and oxygen atoms in total. The van der Waals surface area contributed by atoms with Gasteiger partial charge in [0.25, 0.3) is 0 Å². The molecule has 0 spiro atoms. The summed E-state index contributed by atoms with van der Waals surface area (Å²) >= 11 is 0. The minimum Gasteiger partial charge on any atom is -0.460 e. The molecule has 0 N–H and O–H groups in total. The van der Waals surface area contributed by atoms with Crippen LogP contribution in [0.4, 0.5) is 4.39 Å². The minimum absolute atomic E-state index is 0.210. The van der Waals surface area contributed by atoms with E-state index < -0.39 is 5.82 Å². The van der Waals surface area contributed by atoms with E-state index >= 15 is 0 Å². The summed E-state index contributed by atoms with van der Waals surface area (Å²) in [6, 6.07) is 23.2. The lowest BCUT2D eigenvalue weighted by molar-refractivity contribution is 0.549. The molecule has 122 valence electrons. The van der Waals surface area contributed by atoms with E-state index in [0.29, 0.717) is 23.3 Å². The van der Waals surface area contributed by atoms with Crippen molar-refractivity contribution in [1.29, 1.82) is 0 Å². The summed E-state index contributed by atoms with van der Waals surface area (Å²) in [6.07, 6.45) is 0.494. The van der Waals surface area contributed by atoms with Crippen LogP contribution in [-0.2, 0) is 6.42 Å². The third-order valence-corrected chi connectivity index (χ3v) is 4.20. The van der Waals surface area contributed by atoms with Crippen LogP contribution in [0.5, 0.6) is 0 Å². The zero-order valence-corrected chi connectivity index (χ0v) is 13.4. The predicted molar refractivity (Wildman–Crippen MR) is 97.1 cm³/mol. The highest BCUT2D eigenvalue weighted by Crippen LogP contribution is 2.26. The SMILES string of the molecule is O=c1c(-c2ccccc2)c(Cc2ccccc2)oc2ccc(F)cc12. The van der Waals surface area contributed by atoms with E-state index in [0.717, 1.165) is 11.1 Å². The Labute approximate surface area is 144 Å². The molecule has 0 unspecified atom stereocenters. The van der Waals surface area contributed by atoms with Crippen molar-refractivity contribution in [2.75, 3.05) is 0 Å². The Bertz CT molecular complexity index is 1080. The zero-order chi connectivity index (χ0) is 17.2. The molecule has 0 radical (unpaired) electrons. The minimum atomic E-state index is -0.449. The summed E-state index contributed by atoms with van der Waals surface area (Å²) in [4.78, 5) is 13.1. The number of hydrogen-bond donors (Lipinski definition) is 0. The van der Waals surface area contributed by atoms with E-state index in [4.69, 9.17) is 4.42 Å². The van der Waals surface area contributed by atoms with E-state index in [9.17, 15) is 9.18 Å². The highest BCUT2D eigenvalue weighted by Gasteiger charge is 2.17. The Balaban J connectivity index is 1.99. The molecule has 4 rings (SSSR count). The molecule has 0 fully saturated rings. The summed E-state index contributed by atoms with van der Waals surface area (Å²) in [5.41, 5.74) is 2.50. The number of rotatable bonds is 3. The summed E-state index contributed by atoms with van der Waals surface area (Å²) in [6.45, 7) is 0. The fourth-order valence-corrected chi connectivity index (χ4v) is 3.02. The van der Waals surface area contributed by atoms with Gasteiger partial charge in [-0.3, -0.25) is 4.79 Å². The quantitative estimate of drug-likeness (QED) is 0.517. The lowest BCUT2D eigenvalue weighted by Crippen LogP contribution is -2.10. The van der Waals surface area contributed by atoms with Crippen molar-refractivity contribution in [3.63, 3.8) is 0 Å². The third-order valence-electron chi connectivity index (χ3n) is 4.20. The van der Waals surface area contributed by atoms with E-state index in [2.05, 4.69) is 0 Å². The molecule has 0 aliphatic carbocycles. The van der Waals surface area contributed by atoms with Crippen molar-refractivity contribution >= 4 is 11.0 Å². The molecule has 25 heavy (non-hydrogen) atoms. The summed E-state index contributed by atoms with van der Waals surface area (Å²) in [5.74, 6) is 0.135. The average Bonchev–Trinajstić information content (AvgIpc) is 2.64. The van der Waals surface area contributed by atoms with Gasteiger partial charge in [0.2, 0.25) is 5.43 Å². The van der Waals surface area contributed by atoms with Crippen molar-refractivity contribution in [3.8, 4) is 11.1 Å². The Hall–Kier alpha value is -3.20. The van der Waals surface area contributed by atoms with Crippen LogP contribution in [0, 0.1) is 5.82 Å². The first-order valence-corrected chi connectivity index (χ1v) is 8.07. The second kappa shape index (κ2) is 6.36. The molecular formula is C22H15FO2. The van der Waals surface area contributed by atoms with Crippen molar-refractivity contribution in [3.05, 3.63) is 106 Å². The number of benzene rings is 3. The summed E-state index contributed by atoms with van der Waals surface area (Å²) in [7, 11) is 0. The molecule has 0 aliphatic heterocycles. The molecule has 0 saturated heterocycles. The van der Waals surface area contributed by atoms with Crippen LogP contribution in [0.1, 0.15) is 11.3 Å². The van der Waals surface area contributed by atoms with Crippen molar-refractivity contribution in [2.45, 2.75) is 6.42 Å². The van der Waals surface area contributed by atoms with Gasteiger partial charge in [-0.05, 0) is 29.3 Å². The lowest BCUT2D eigenvalue weighted by Gasteiger charge is -2.10. The Morgan fingerprint density at radius 3 is 2.24 bits per heavy atom. The molecule has 3 heteroatoms. The number of halogens is 1. The predicted octanol–water partition coefficient (Wildman–Crippen LogP) is 5.19. The average molecular weight is 330 g/mol. The van der Waals surface area contributed by atoms with Crippen LogP contribution in [0.15, 0.2) is 88.1 Å². The standard InChI is InChI=1S/C22H15FO2/c23-17-11-12-19-18(14-17)22(24)21(16-9-5-2-6-10-16)20(25-19)13-15-7-3-1-4-8-15/h1-12,14H,13H2. The van der Waals surface area contributed by atoms with Gasteiger partial charge in [0, 0.05) is 6.42 Å². The van der Waals surface area contributed by atoms with Crippen LogP contribution in [0.2, 0.25) is 0 Å². The van der Waals surface area contributed by atoms with Gasteiger partial charge in [-0.2, -0.15) is 0 Å². The first-order chi connectivity index (χ1) is 12.2. The van der Waals surface area contributed by atoms with Gasteiger partial charge < -0.3 is 4.42 Å². The second-order valence-corrected chi connectivity index (χ2v) is 5.90. The van der Waals surface area contributed by atoms with Crippen LogP contribution < -0.4 is 5.43 Å². The van der Waals surface area contributed by atoms with Gasteiger partial charge in [0.1, 0.15) is 17.2 Å². The van der Waals surface area contributed by atoms with Crippen LogP contribution in [0.25, 0.3) is 22.1 Å². The largest absolute Gasteiger partial charge is 0.460 e. The monoisotopic (exact) mass is 330 g/mol. The van der Waals surface area contributed by atoms with E-state index in [1.54, 1.807) is 0 Å². The summed E-state index contributed by atoms with van der Waals surface area (Å²) < 4.78 is 19.6. The maximum Gasteiger partial charge on any atom is 0.200 e. The third kappa shape index (κ3) is 2.96. The lowest BCUT2D eigenvalue weighted by atomic mass is 9.98. The molecular weight excluding hydrogens is 315 g/mol. The molecule has 0 aliphatic rings. The molecule has 0 saturated carbocycles. The van der Waals surface area contributed by atoms with Gasteiger partial charge in [0.05, 0.1) is 10.9 Å². The van der Waals surface area contributed by atoms with Gasteiger partial charge in [-0.25, -0.2) is 4.39 Å². The molecule has 0 amide bonds. The van der Waals surface area contributed by atoms with Crippen LogP contribution >= 0.6 is 0 Å². The second-order valence-electron chi connectivity index (χ2n) is 5.90. The van der Waals surface area contributed by atoms with Gasteiger partial charge in [0.15, 0.2) is 0 Å². The fraction of sp³-hybridized carbons (Fsp3) is 0.0455. The molecule has 4 aromatic rings. The fourth-order valence-electron chi connectivity index (χ4n) is 3.02. The molecule has 3 aromatic carbocycles. The molecule has 1 aromatic heterocycles. The zero-order valence-electron chi connectivity index (χ0n) is 13.4. The van der Waals surface area contributed by atoms with E-state index in [1.807, 2.05) is 60.7 Å². The van der Waals surface area contributed by atoms with Crippen molar-refractivity contribution in [2.24, 2.45) is 0 Å². The van der Waals surface area contributed by atoms with E-state index in [1.165, 1.54) is 18.2 Å². The smallest absolute Gasteiger partial charge is 0.200 e. The molecule has 0 atom stereocenters. The van der Waals surface area contributed by atoms with Gasteiger partial charge >= 0.3 is 0 Å². The Morgan fingerprint density at radius 2 is 1.52 bits per heavy atom. The molecule has 1 heterocycles.